The SMILES string of the molecule is Cl.NCC1CCCC1NC(=O)C1CC(=O)N(c2cc(Cl)cc(Cl)c2)C1. The van der Waals surface area contributed by atoms with Gasteiger partial charge in [-0.25, -0.2) is 0 Å². The van der Waals surface area contributed by atoms with Crippen molar-refractivity contribution < 1.29 is 9.59 Å². The summed E-state index contributed by atoms with van der Waals surface area (Å²) in [7, 11) is 0. The van der Waals surface area contributed by atoms with Crippen molar-refractivity contribution >= 4 is 53.1 Å². The molecule has 5 nitrogen and oxygen atoms in total. The van der Waals surface area contributed by atoms with Crippen LogP contribution in [-0.4, -0.2) is 30.9 Å². The Morgan fingerprint density at radius 3 is 2.56 bits per heavy atom. The van der Waals surface area contributed by atoms with Crippen molar-refractivity contribution in [1.29, 1.82) is 0 Å². The van der Waals surface area contributed by atoms with E-state index in [2.05, 4.69) is 5.32 Å². The van der Waals surface area contributed by atoms with Gasteiger partial charge in [0.25, 0.3) is 0 Å². The Morgan fingerprint density at radius 1 is 1.24 bits per heavy atom. The largest absolute Gasteiger partial charge is 0.353 e. The van der Waals surface area contributed by atoms with Crippen molar-refractivity contribution in [2.24, 2.45) is 17.6 Å². The van der Waals surface area contributed by atoms with Crippen LogP contribution in [0.4, 0.5) is 5.69 Å². The van der Waals surface area contributed by atoms with E-state index < -0.39 is 0 Å². The minimum atomic E-state index is -0.353. The van der Waals surface area contributed by atoms with Crippen LogP contribution < -0.4 is 16.0 Å². The van der Waals surface area contributed by atoms with Gasteiger partial charge in [-0.15, -0.1) is 12.4 Å². The molecule has 1 saturated carbocycles. The zero-order chi connectivity index (χ0) is 17.3. The van der Waals surface area contributed by atoms with Gasteiger partial charge in [-0.05, 0) is 43.5 Å². The lowest BCUT2D eigenvalue weighted by Gasteiger charge is -2.22. The summed E-state index contributed by atoms with van der Waals surface area (Å²) in [6, 6.07) is 5.12. The highest BCUT2D eigenvalue weighted by Crippen LogP contribution is 2.31. The molecule has 8 heteroatoms. The fourth-order valence-corrected chi connectivity index (χ4v) is 4.15. The molecule has 3 N–H and O–H groups in total. The number of amides is 2. The number of anilines is 1. The minimum Gasteiger partial charge on any atom is -0.353 e. The lowest BCUT2D eigenvalue weighted by molar-refractivity contribution is -0.127. The monoisotopic (exact) mass is 405 g/mol. The molecule has 3 unspecified atom stereocenters. The van der Waals surface area contributed by atoms with Crippen LogP contribution in [0.15, 0.2) is 18.2 Å². The molecular formula is C17H22Cl3N3O2. The second-order valence-corrected chi connectivity index (χ2v) is 7.45. The Kier molecular flexibility index (Phi) is 6.97. The molecule has 1 aliphatic heterocycles. The van der Waals surface area contributed by atoms with Crippen LogP contribution in [0.5, 0.6) is 0 Å². The Balaban J connectivity index is 0.00000225. The van der Waals surface area contributed by atoms with Crippen molar-refractivity contribution in [3.05, 3.63) is 28.2 Å². The van der Waals surface area contributed by atoms with Crippen molar-refractivity contribution in [1.82, 2.24) is 5.32 Å². The molecule has 1 aliphatic carbocycles. The molecule has 1 aromatic carbocycles. The van der Waals surface area contributed by atoms with Gasteiger partial charge in [-0.1, -0.05) is 29.6 Å². The Morgan fingerprint density at radius 2 is 1.92 bits per heavy atom. The van der Waals surface area contributed by atoms with Crippen LogP contribution in [0, 0.1) is 11.8 Å². The van der Waals surface area contributed by atoms with Crippen LogP contribution in [0.2, 0.25) is 10.0 Å². The van der Waals surface area contributed by atoms with Crippen molar-refractivity contribution in [3.8, 4) is 0 Å². The summed E-state index contributed by atoms with van der Waals surface area (Å²) in [5.74, 6) is -0.164. The predicted molar refractivity (Wildman–Crippen MR) is 102 cm³/mol. The molecular weight excluding hydrogens is 385 g/mol. The maximum Gasteiger partial charge on any atom is 0.227 e. The number of carbonyl (C=O) groups is 2. The summed E-state index contributed by atoms with van der Waals surface area (Å²) in [5.41, 5.74) is 6.40. The van der Waals surface area contributed by atoms with E-state index in [4.69, 9.17) is 28.9 Å². The summed E-state index contributed by atoms with van der Waals surface area (Å²) in [6.45, 7) is 0.934. The third kappa shape index (κ3) is 4.59. The molecule has 3 atom stereocenters. The van der Waals surface area contributed by atoms with Gasteiger partial charge < -0.3 is 16.0 Å². The number of hydrogen-bond acceptors (Lipinski definition) is 3. The highest BCUT2D eigenvalue weighted by atomic mass is 35.5. The number of nitrogens with one attached hydrogen (secondary N) is 1. The molecule has 0 spiro atoms. The summed E-state index contributed by atoms with van der Waals surface area (Å²) in [5, 5.41) is 4.02. The smallest absolute Gasteiger partial charge is 0.227 e. The number of nitrogens with two attached hydrogens (primary N) is 1. The third-order valence-electron chi connectivity index (χ3n) is 4.94. The molecule has 25 heavy (non-hydrogen) atoms. The minimum absolute atomic E-state index is 0. The molecule has 1 aromatic rings. The molecule has 2 fully saturated rings. The van der Waals surface area contributed by atoms with E-state index in [9.17, 15) is 9.59 Å². The van der Waals surface area contributed by atoms with Gasteiger partial charge >= 0.3 is 0 Å². The molecule has 0 aromatic heterocycles. The van der Waals surface area contributed by atoms with Crippen LogP contribution in [0.25, 0.3) is 0 Å². The lowest BCUT2D eigenvalue weighted by atomic mass is 10.0. The van der Waals surface area contributed by atoms with Crippen LogP contribution in [-0.2, 0) is 9.59 Å². The number of halogens is 3. The number of carbonyl (C=O) groups excluding carboxylic acids is 2. The Bertz CT molecular complexity index is 636. The average molecular weight is 407 g/mol. The second kappa shape index (κ2) is 8.58. The topological polar surface area (TPSA) is 75.4 Å². The fourth-order valence-electron chi connectivity index (χ4n) is 3.64. The van der Waals surface area contributed by atoms with E-state index in [0.29, 0.717) is 34.7 Å². The summed E-state index contributed by atoms with van der Waals surface area (Å²) in [6.07, 6.45) is 3.31. The highest BCUT2D eigenvalue weighted by Gasteiger charge is 2.37. The third-order valence-corrected chi connectivity index (χ3v) is 5.38. The highest BCUT2D eigenvalue weighted by molar-refractivity contribution is 6.35. The molecule has 138 valence electrons. The first-order valence-corrected chi connectivity index (χ1v) is 9.00. The summed E-state index contributed by atoms with van der Waals surface area (Å²) in [4.78, 5) is 26.4. The maximum absolute atomic E-state index is 12.5. The summed E-state index contributed by atoms with van der Waals surface area (Å²) < 4.78 is 0. The van der Waals surface area contributed by atoms with E-state index in [-0.39, 0.29) is 42.6 Å². The van der Waals surface area contributed by atoms with E-state index in [0.717, 1.165) is 19.3 Å². The Labute approximate surface area is 163 Å². The van der Waals surface area contributed by atoms with Crippen LogP contribution >= 0.6 is 35.6 Å². The molecule has 2 amide bonds. The first kappa shape index (κ1) is 20.3. The van der Waals surface area contributed by atoms with Crippen molar-refractivity contribution in [2.45, 2.75) is 31.7 Å². The zero-order valence-electron chi connectivity index (χ0n) is 13.7. The first-order valence-electron chi connectivity index (χ1n) is 8.25. The van der Waals surface area contributed by atoms with E-state index in [1.807, 2.05) is 0 Å². The van der Waals surface area contributed by atoms with Crippen LogP contribution in [0.3, 0.4) is 0 Å². The quantitative estimate of drug-likeness (QED) is 0.807. The normalized spacial score (nSPS) is 25.8. The molecule has 2 aliphatic rings. The zero-order valence-corrected chi connectivity index (χ0v) is 16.0. The van der Waals surface area contributed by atoms with Gasteiger partial charge in [0, 0.05) is 34.7 Å². The van der Waals surface area contributed by atoms with E-state index in [1.165, 1.54) is 0 Å². The predicted octanol–water partition coefficient (Wildman–Crippen LogP) is 3.01. The van der Waals surface area contributed by atoms with E-state index >= 15 is 0 Å². The first-order chi connectivity index (χ1) is 11.5. The van der Waals surface area contributed by atoms with E-state index in [1.54, 1.807) is 23.1 Å². The molecule has 1 heterocycles. The molecule has 0 radical (unpaired) electrons. The maximum atomic E-state index is 12.5. The molecule has 3 rings (SSSR count). The second-order valence-electron chi connectivity index (χ2n) is 6.57. The van der Waals surface area contributed by atoms with Gasteiger partial charge in [0.05, 0.1) is 5.92 Å². The van der Waals surface area contributed by atoms with Gasteiger partial charge in [0.1, 0.15) is 0 Å². The van der Waals surface area contributed by atoms with Gasteiger partial charge in [0.2, 0.25) is 11.8 Å². The fraction of sp³-hybridized carbons (Fsp3) is 0.529. The van der Waals surface area contributed by atoms with Crippen LogP contribution in [0.1, 0.15) is 25.7 Å². The number of rotatable bonds is 4. The van der Waals surface area contributed by atoms with Crippen molar-refractivity contribution in [3.63, 3.8) is 0 Å². The van der Waals surface area contributed by atoms with Gasteiger partial charge in [0.15, 0.2) is 0 Å². The van der Waals surface area contributed by atoms with Gasteiger partial charge in [-0.3, -0.25) is 9.59 Å². The average Bonchev–Trinajstić information content (AvgIpc) is 3.12. The number of hydrogen-bond donors (Lipinski definition) is 2. The molecule has 0 bridgehead atoms. The lowest BCUT2D eigenvalue weighted by Crippen LogP contribution is -2.43. The standard InChI is InChI=1S/C17H21Cl2N3O2.ClH/c18-12-5-13(19)7-14(6-12)22-9-11(4-16(22)23)17(24)21-15-3-1-2-10(15)8-20;/h5-7,10-11,15H,1-4,8-9,20H2,(H,21,24);1H. The number of benzene rings is 1. The summed E-state index contributed by atoms with van der Waals surface area (Å²) >= 11 is 12.0. The van der Waals surface area contributed by atoms with Crippen molar-refractivity contribution in [2.75, 3.05) is 18.0 Å². The Hall–Kier alpha value is -1.01. The van der Waals surface area contributed by atoms with Gasteiger partial charge in [-0.2, -0.15) is 0 Å². The number of nitrogens with zero attached hydrogens (tertiary/aromatic N) is 1. The molecule has 1 saturated heterocycles.